The fraction of sp³-hybridized carbons (Fsp3) is 0.0323. The van der Waals surface area contributed by atoms with Gasteiger partial charge < -0.3 is 0 Å². The highest BCUT2D eigenvalue weighted by Gasteiger charge is 2.51. The van der Waals surface area contributed by atoms with Gasteiger partial charge in [-0.25, -0.2) is 0 Å². The highest BCUT2D eigenvalue weighted by Crippen LogP contribution is 2.62. The first kappa shape index (κ1) is 17.8. The Morgan fingerprint density at radius 1 is 0.406 bits per heavy atom. The summed E-state index contributed by atoms with van der Waals surface area (Å²) in [5, 5.41) is 0. The van der Waals surface area contributed by atoms with Crippen LogP contribution in [-0.4, -0.2) is 7.85 Å². The topological polar surface area (TPSA) is 0 Å². The molecule has 7 rings (SSSR count). The average Bonchev–Trinajstić information content (AvgIpc) is 3.32. The molecule has 0 N–H and O–H groups in total. The molecule has 0 nitrogen and oxygen atoms in total. The van der Waals surface area contributed by atoms with E-state index < -0.39 is 0 Å². The molecule has 0 atom stereocenters. The summed E-state index contributed by atoms with van der Waals surface area (Å²) in [6, 6.07) is 41.9. The standard InChI is InChI=1S/C31H19B/c32-22-16-13-20(14-17-22)21-15-18-30-26(19-21)25-9-3-6-12-29(25)31(30)27-10-4-1-7-23(27)24-8-2-5-11-28(24)31/h1-19H. The van der Waals surface area contributed by atoms with Gasteiger partial charge >= 0.3 is 0 Å². The summed E-state index contributed by atoms with van der Waals surface area (Å²) in [7, 11) is 5.93. The van der Waals surface area contributed by atoms with E-state index in [-0.39, 0.29) is 5.41 Å². The Morgan fingerprint density at radius 2 is 0.844 bits per heavy atom. The Morgan fingerprint density at radius 3 is 1.41 bits per heavy atom. The molecule has 0 amide bonds. The molecule has 0 heterocycles. The lowest BCUT2D eigenvalue weighted by Crippen LogP contribution is -2.25. The van der Waals surface area contributed by atoms with Crippen molar-refractivity contribution in [2.45, 2.75) is 5.41 Å². The molecule has 0 fully saturated rings. The lowest BCUT2D eigenvalue weighted by molar-refractivity contribution is 0.794. The zero-order chi connectivity index (χ0) is 21.3. The van der Waals surface area contributed by atoms with E-state index in [9.17, 15) is 0 Å². The van der Waals surface area contributed by atoms with Gasteiger partial charge in [-0.05, 0) is 61.7 Å². The molecule has 2 aliphatic rings. The number of rotatable bonds is 1. The fourth-order valence-electron chi connectivity index (χ4n) is 5.95. The van der Waals surface area contributed by atoms with Crippen molar-refractivity contribution < 1.29 is 0 Å². The van der Waals surface area contributed by atoms with E-state index in [2.05, 4.69) is 103 Å². The number of benzene rings is 5. The second-order valence-electron chi connectivity index (χ2n) is 8.77. The van der Waals surface area contributed by atoms with Crippen LogP contribution in [-0.2, 0) is 5.41 Å². The molecular formula is C31H19B. The maximum atomic E-state index is 5.93. The molecule has 0 unspecified atom stereocenters. The molecule has 0 aromatic heterocycles. The molecular weight excluding hydrogens is 383 g/mol. The van der Waals surface area contributed by atoms with E-state index in [0.29, 0.717) is 0 Å². The molecule has 32 heavy (non-hydrogen) atoms. The highest BCUT2D eigenvalue weighted by molar-refractivity contribution is 6.32. The Balaban J connectivity index is 1.58. The summed E-state index contributed by atoms with van der Waals surface area (Å²) in [6.07, 6.45) is 0. The minimum atomic E-state index is -0.265. The van der Waals surface area contributed by atoms with Crippen molar-refractivity contribution in [3.05, 3.63) is 138 Å². The van der Waals surface area contributed by atoms with Crippen LogP contribution in [0, 0.1) is 0 Å². The molecule has 1 heteroatoms. The van der Waals surface area contributed by atoms with E-state index in [1.807, 2.05) is 12.1 Å². The van der Waals surface area contributed by atoms with Gasteiger partial charge in [0, 0.05) is 0 Å². The van der Waals surface area contributed by atoms with Crippen LogP contribution in [0.5, 0.6) is 0 Å². The monoisotopic (exact) mass is 402 g/mol. The lowest BCUT2D eigenvalue weighted by atomic mass is 9.70. The van der Waals surface area contributed by atoms with Crippen LogP contribution in [0.3, 0.4) is 0 Å². The smallest absolute Gasteiger partial charge is 0.0966 e. The summed E-state index contributed by atoms with van der Waals surface area (Å²) in [6.45, 7) is 0. The molecule has 0 saturated heterocycles. The van der Waals surface area contributed by atoms with Crippen LogP contribution < -0.4 is 5.46 Å². The van der Waals surface area contributed by atoms with Gasteiger partial charge in [-0.15, -0.1) is 0 Å². The zero-order valence-corrected chi connectivity index (χ0v) is 17.5. The first-order valence-corrected chi connectivity index (χ1v) is 11.1. The molecule has 0 saturated carbocycles. The van der Waals surface area contributed by atoms with Crippen LogP contribution in [0.4, 0.5) is 0 Å². The quantitative estimate of drug-likeness (QED) is 0.275. The number of hydrogen-bond acceptors (Lipinski definition) is 0. The van der Waals surface area contributed by atoms with Gasteiger partial charge in [-0.2, -0.15) is 0 Å². The Kier molecular flexibility index (Phi) is 3.53. The second-order valence-corrected chi connectivity index (χ2v) is 8.77. The second kappa shape index (κ2) is 6.34. The predicted octanol–water partition coefficient (Wildman–Crippen LogP) is 6.49. The molecule has 0 aliphatic heterocycles. The van der Waals surface area contributed by atoms with E-state index in [4.69, 9.17) is 7.85 Å². The minimum Gasteiger partial charge on any atom is -0.0966 e. The van der Waals surface area contributed by atoms with Crippen molar-refractivity contribution in [2.75, 3.05) is 0 Å². The van der Waals surface area contributed by atoms with Crippen molar-refractivity contribution in [3.63, 3.8) is 0 Å². The van der Waals surface area contributed by atoms with Gasteiger partial charge in [-0.3, -0.25) is 0 Å². The van der Waals surface area contributed by atoms with Gasteiger partial charge in [-0.1, -0.05) is 115 Å². The first-order chi connectivity index (χ1) is 15.8. The van der Waals surface area contributed by atoms with Gasteiger partial charge in [0.05, 0.1) is 5.41 Å². The summed E-state index contributed by atoms with van der Waals surface area (Å²) in [5.74, 6) is 0. The third kappa shape index (κ3) is 2.13. The first-order valence-electron chi connectivity index (χ1n) is 11.1. The zero-order valence-electron chi connectivity index (χ0n) is 17.5. The van der Waals surface area contributed by atoms with Gasteiger partial charge in [0.15, 0.2) is 0 Å². The van der Waals surface area contributed by atoms with Gasteiger partial charge in [0.1, 0.15) is 7.85 Å². The Bertz CT molecular complexity index is 1480. The molecule has 1 spiro atoms. The van der Waals surface area contributed by atoms with Gasteiger partial charge in [0.25, 0.3) is 0 Å². The fourth-order valence-corrected chi connectivity index (χ4v) is 5.95. The van der Waals surface area contributed by atoms with Crippen LogP contribution in [0.2, 0.25) is 0 Å². The number of hydrogen-bond donors (Lipinski definition) is 0. The van der Waals surface area contributed by atoms with E-state index in [1.54, 1.807) is 0 Å². The Hall–Kier alpha value is -3.84. The van der Waals surface area contributed by atoms with Crippen LogP contribution in [0.1, 0.15) is 22.3 Å². The summed E-state index contributed by atoms with van der Waals surface area (Å²) < 4.78 is 0. The van der Waals surface area contributed by atoms with Crippen molar-refractivity contribution >= 4 is 13.3 Å². The third-order valence-corrected chi connectivity index (χ3v) is 7.24. The largest absolute Gasteiger partial charge is 0.113 e. The summed E-state index contributed by atoms with van der Waals surface area (Å²) in [4.78, 5) is 0. The van der Waals surface area contributed by atoms with E-state index in [0.717, 1.165) is 5.46 Å². The lowest BCUT2D eigenvalue weighted by Gasteiger charge is -2.30. The molecule has 5 aromatic carbocycles. The van der Waals surface area contributed by atoms with Gasteiger partial charge in [0.2, 0.25) is 0 Å². The van der Waals surface area contributed by atoms with Crippen molar-refractivity contribution in [1.29, 1.82) is 0 Å². The summed E-state index contributed by atoms with van der Waals surface area (Å²) >= 11 is 0. The van der Waals surface area contributed by atoms with Crippen molar-refractivity contribution in [2.24, 2.45) is 0 Å². The molecule has 2 aliphatic carbocycles. The maximum Gasteiger partial charge on any atom is 0.113 e. The summed E-state index contributed by atoms with van der Waals surface area (Å²) in [5.41, 5.74) is 13.8. The average molecular weight is 402 g/mol. The van der Waals surface area contributed by atoms with Crippen molar-refractivity contribution in [1.82, 2.24) is 0 Å². The van der Waals surface area contributed by atoms with E-state index >= 15 is 0 Å². The SMILES string of the molecule is [B]c1ccc(-c2ccc3c(c2)-c2ccccc2C32c3ccccc3-c3ccccc32)cc1. The van der Waals surface area contributed by atoms with Crippen LogP contribution in [0.25, 0.3) is 33.4 Å². The van der Waals surface area contributed by atoms with Crippen LogP contribution >= 0.6 is 0 Å². The molecule has 2 radical (unpaired) electrons. The normalized spacial score (nSPS) is 14.0. The van der Waals surface area contributed by atoms with E-state index in [1.165, 1.54) is 55.6 Å². The number of fused-ring (bicyclic) bond motifs is 10. The molecule has 0 bridgehead atoms. The maximum absolute atomic E-state index is 5.93. The van der Waals surface area contributed by atoms with Crippen LogP contribution in [0.15, 0.2) is 115 Å². The molecule has 5 aromatic rings. The predicted molar refractivity (Wildman–Crippen MR) is 134 cm³/mol. The Labute approximate surface area is 189 Å². The van der Waals surface area contributed by atoms with Crippen molar-refractivity contribution in [3.8, 4) is 33.4 Å². The third-order valence-electron chi connectivity index (χ3n) is 7.24. The highest BCUT2D eigenvalue weighted by atomic mass is 14.5. The molecule has 146 valence electrons. The minimum absolute atomic E-state index is 0.265.